The Labute approximate surface area is 108 Å². The van der Waals surface area contributed by atoms with Crippen molar-refractivity contribution >= 4 is 0 Å². The Morgan fingerprint density at radius 3 is 2.94 bits per heavy atom. The van der Waals surface area contributed by atoms with E-state index in [9.17, 15) is 0 Å². The van der Waals surface area contributed by atoms with Crippen LogP contribution in [0.1, 0.15) is 17.0 Å². The van der Waals surface area contributed by atoms with Gasteiger partial charge in [0.05, 0.1) is 18.5 Å². The standard InChI is InChI=1S/C14H19N3O/c1-15-8-12-7-14(18-11-12)10-17(2)9-13-5-3-4-6-16-13/h3-7,11,15H,8-10H2,1-2H3. The fourth-order valence-electron chi connectivity index (χ4n) is 1.90. The molecule has 4 nitrogen and oxygen atoms in total. The molecule has 0 atom stereocenters. The van der Waals surface area contributed by atoms with Crippen molar-refractivity contribution in [3.05, 3.63) is 53.7 Å². The number of rotatable bonds is 6. The summed E-state index contributed by atoms with van der Waals surface area (Å²) in [6.45, 7) is 2.46. The number of hydrogen-bond donors (Lipinski definition) is 1. The first kappa shape index (κ1) is 12.8. The Morgan fingerprint density at radius 2 is 2.22 bits per heavy atom. The molecule has 0 spiro atoms. The Morgan fingerprint density at radius 1 is 1.33 bits per heavy atom. The van der Waals surface area contributed by atoms with Crippen LogP contribution in [0.2, 0.25) is 0 Å². The van der Waals surface area contributed by atoms with Crippen molar-refractivity contribution in [1.82, 2.24) is 15.2 Å². The van der Waals surface area contributed by atoms with E-state index < -0.39 is 0 Å². The van der Waals surface area contributed by atoms with Crippen molar-refractivity contribution in [2.45, 2.75) is 19.6 Å². The second-order valence-corrected chi connectivity index (χ2v) is 4.44. The van der Waals surface area contributed by atoms with Gasteiger partial charge in [0.15, 0.2) is 0 Å². The molecule has 2 aromatic rings. The summed E-state index contributed by atoms with van der Waals surface area (Å²) in [4.78, 5) is 6.50. The molecule has 1 N–H and O–H groups in total. The topological polar surface area (TPSA) is 41.3 Å². The molecule has 0 saturated carbocycles. The van der Waals surface area contributed by atoms with Gasteiger partial charge in [0.1, 0.15) is 5.76 Å². The van der Waals surface area contributed by atoms with E-state index in [0.29, 0.717) is 0 Å². The first-order chi connectivity index (χ1) is 8.78. The first-order valence-electron chi connectivity index (χ1n) is 6.07. The van der Waals surface area contributed by atoms with Crippen molar-refractivity contribution in [3.63, 3.8) is 0 Å². The zero-order valence-corrected chi connectivity index (χ0v) is 10.9. The zero-order valence-electron chi connectivity index (χ0n) is 10.9. The van der Waals surface area contributed by atoms with E-state index in [-0.39, 0.29) is 0 Å². The summed E-state index contributed by atoms with van der Waals surface area (Å²) in [6.07, 6.45) is 3.63. The Balaban J connectivity index is 1.88. The lowest BCUT2D eigenvalue weighted by atomic mass is 10.3. The molecule has 0 amide bonds. The second kappa shape index (κ2) is 6.33. The third-order valence-corrected chi connectivity index (χ3v) is 2.67. The van der Waals surface area contributed by atoms with Crippen LogP contribution in [0.4, 0.5) is 0 Å². The van der Waals surface area contributed by atoms with Crippen molar-refractivity contribution < 1.29 is 4.42 Å². The minimum atomic E-state index is 0.792. The highest BCUT2D eigenvalue weighted by Crippen LogP contribution is 2.11. The van der Waals surface area contributed by atoms with Crippen molar-refractivity contribution in [3.8, 4) is 0 Å². The van der Waals surface area contributed by atoms with Gasteiger partial charge in [-0.25, -0.2) is 0 Å². The van der Waals surface area contributed by atoms with Crippen LogP contribution in [0.25, 0.3) is 0 Å². The zero-order chi connectivity index (χ0) is 12.8. The highest BCUT2D eigenvalue weighted by molar-refractivity contribution is 5.12. The molecule has 0 radical (unpaired) electrons. The molecule has 0 bridgehead atoms. The van der Waals surface area contributed by atoms with Crippen LogP contribution in [0.3, 0.4) is 0 Å². The van der Waals surface area contributed by atoms with Crippen LogP contribution < -0.4 is 5.32 Å². The number of furan rings is 1. The van der Waals surface area contributed by atoms with Gasteiger partial charge in [-0.1, -0.05) is 6.07 Å². The van der Waals surface area contributed by atoms with Crippen LogP contribution in [0, 0.1) is 0 Å². The van der Waals surface area contributed by atoms with E-state index in [1.54, 1.807) is 6.26 Å². The van der Waals surface area contributed by atoms with Crippen molar-refractivity contribution in [2.75, 3.05) is 14.1 Å². The van der Waals surface area contributed by atoms with E-state index in [0.717, 1.165) is 31.1 Å². The summed E-state index contributed by atoms with van der Waals surface area (Å²) < 4.78 is 5.52. The highest BCUT2D eigenvalue weighted by atomic mass is 16.3. The molecule has 0 saturated heterocycles. The maximum absolute atomic E-state index is 5.52. The molecule has 0 aliphatic heterocycles. The summed E-state index contributed by atoms with van der Waals surface area (Å²) in [6, 6.07) is 8.06. The van der Waals surface area contributed by atoms with Crippen LogP contribution >= 0.6 is 0 Å². The van der Waals surface area contributed by atoms with Gasteiger partial charge in [0.25, 0.3) is 0 Å². The van der Waals surface area contributed by atoms with Crippen LogP contribution in [0.15, 0.2) is 41.1 Å². The predicted molar refractivity (Wildman–Crippen MR) is 70.9 cm³/mol. The minimum Gasteiger partial charge on any atom is -0.468 e. The smallest absolute Gasteiger partial charge is 0.118 e. The van der Waals surface area contributed by atoms with Gasteiger partial charge < -0.3 is 9.73 Å². The number of aromatic nitrogens is 1. The van der Waals surface area contributed by atoms with Crippen LogP contribution in [-0.4, -0.2) is 24.0 Å². The normalized spacial score (nSPS) is 11.1. The number of pyridine rings is 1. The van der Waals surface area contributed by atoms with E-state index in [1.165, 1.54) is 5.56 Å². The van der Waals surface area contributed by atoms with Gasteiger partial charge in [0, 0.05) is 24.8 Å². The summed E-state index contributed by atoms with van der Waals surface area (Å²) >= 11 is 0. The van der Waals surface area contributed by atoms with E-state index in [2.05, 4.69) is 28.3 Å². The number of nitrogens with zero attached hydrogens (tertiary/aromatic N) is 2. The minimum absolute atomic E-state index is 0.792. The summed E-state index contributed by atoms with van der Waals surface area (Å²) in [5, 5.41) is 3.11. The van der Waals surface area contributed by atoms with Crippen molar-refractivity contribution in [1.29, 1.82) is 0 Å². The molecule has 96 valence electrons. The van der Waals surface area contributed by atoms with Gasteiger partial charge in [0.2, 0.25) is 0 Å². The van der Waals surface area contributed by atoms with Gasteiger partial charge in [-0.15, -0.1) is 0 Å². The molecule has 2 heterocycles. The Hall–Kier alpha value is -1.65. The molecule has 4 heteroatoms. The lowest BCUT2D eigenvalue weighted by Gasteiger charge is -2.14. The fraction of sp³-hybridized carbons (Fsp3) is 0.357. The molecule has 0 unspecified atom stereocenters. The molecule has 0 aliphatic carbocycles. The molecular weight excluding hydrogens is 226 g/mol. The van der Waals surface area contributed by atoms with E-state index in [1.807, 2.05) is 31.4 Å². The molecule has 0 aliphatic rings. The Bertz CT molecular complexity index is 467. The molecular formula is C14H19N3O. The largest absolute Gasteiger partial charge is 0.468 e. The van der Waals surface area contributed by atoms with Crippen LogP contribution in [0.5, 0.6) is 0 Å². The lowest BCUT2D eigenvalue weighted by molar-refractivity contribution is 0.285. The SMILES string of the molecule is CNCc1coc(CN(C)Cc2ccccn2)c1. The number of nitrogens with one attached hydrogen (secondary N) is 1. The van der Waals surface area contributed by atoms with Gasteiger partial charge in [-0.3, -0.25) is 9.88 Å². The quantitative estimate of drug-likeness (QED) is 0.845. The average Bonchev–Trinajstić information content (AvgIpc) is 2.78. The van der Waals surface area contributed by atoms with E-state index in [4.69, 9.17) is 4.42 Å². The molecule has 0 aromatic carbocycles. The highest BCUT2D eigenvalue weighted by Gasteiger charge is 2.06. The maximum Gasteiger partial charge on any atom is 0.118 e. The van der Waals surface area contributed by atoms with Gasteiger partial charge in [-0.2, -0.15) is 0 Å². The summed E-state index contributed by atoms with van der Waals surface area (Å²) in [7, 11) is 3.99. The number of hydrogen-bond acceptors (Lipinski definition) is 4. The fourth-order valence-corrected chi connectivity index (χ4v) is 1.90. The first-order valence-corrected chi connectivity index (χ1v) is 6.07. The third kappa shape index (κ3) is 3.68. The second-order valence-electron chi connectivity index (χ2n) is 4.44. The Kier molecular flexibility index (Phi) is 4.50. The van der Waals surface area contributed by atoms with E-state index >= 15 is 0 Å². The third-order valence-electron chi connectivity index (χ3n) is 2.67. The predicted octanol–water partition coefficient (Wildman–Crippen LogP) is 2.03. The lowest BCUT2D eigenvalue weighted by Crippen LogP contribution is -2.17. The summed E-state index contributed by atoms with van der Waals surface area (Å²) in [5.41, 5.74) is 2.25. The summed E-state index contributed by atoms with van der Waals surface area (Å²) in [5.74, 6) is 0.985. The molecule has 18 heavy (non-hydrogen) atoms. The van der Waals surface area contributed by atoms with Crippen LogP contribution in [-0.2, 0) is 19.6 Å². The average molecular weight is 245 g/mol. The monoisotopic (exact) mass is 245 g/mol. The molecule has 2 aromatic heterocycles. The molecule has 0 fully saturated rings. The molecule has 2 rings (SSSR count). The maximum atomic E-state index is 5.52. The van der Waals surface area contributed by atoms with Gasteiger partial charge >= 0.3 is 0 Å². The van der Waals surface area contributed by atoms with Gasteiger partial charge in [-0.05, 0) is 32.3 Å². The van der Waals surface area contributed by atoms with Crippen molar-refractivity contribution in [2.24, 2.45) is 0 Å².